The number of hydrogen-bond acceptors (Lipinski definition) is 7. The number of carbonyl (C=O) groups excluding carboxylic acids is 1. The Labute approximate surface area is 242 Å². The van der Waals surface area contributed by atoms with Gasteiger partial charge in [0.2, 0.25) is 5.88 Å². The Balaban J connectivity index is 1.31. The van der Waals surface area contributed by atoms with Gasteiger partial charge < -0.3 is 25.2 Å². The summed E-state index contributed by atoms with van der Waals surface area (Å²) >= 11 is 0. The average Bonchev–Trinajstić information content (AvgIpc) is 3.51. The van der Waals surface area contributed by atoms with Crippen LogP contribution in [-0.2, 0) is 6.54 Å². The van der Waals surface area contributed by atoms with Gasteiger partial charge in [0, 0.05) is 42.2 Å². The normalized spacial score (nSPS) is 13.0. The molecule has 0 bridgehead atoms. The van der Waals surface area contributed by atoms with Gasteiger partial charge in [0.05, 0.1) is 22.9 Å². The van der Waals surface area contributed by atoms with Gasteiger partial charge in [0.1, 0.15) is 17.3 Å². The number of amides is 1. The molecular weight excluding hydrogens is 560 g/mol. The second kappa shape index (κ2) is 10.8. The molecule has 1 atom stereocenters. The summed E-state index contributed by atoms with van der Waals surface area (Å²) in [5.74, 6) is 0.874. The van der Waals surface area contributed by atoms with Crippen LogP contribution in [-0.4, -0.2) is 52.6 Å². The SMILES string of the molecule is O=C1c2c(ccc(O)c2F)CN1CC(C#Cc1ccc(-c2nc(-c3cccnc3)ccc2O)c(F)c1)c1[nH]c(=O)[nH]c1O. The number of carbonyl (C=O) groups is 1. The third kappa shape index (κ3) is 5.15. The fourth-order valence-electron chi connectivity index (χ4n) is 4.90. The largest absolute Gasteiger partial charge is 0.506 e. The highest BCUT2D eigenvalue weighted by atomic mass is 19.1. The van der Waals surface area contributed by atoms with E-state index < -0.39 is 40.8 Å². The predicted octanol–water partition coefficient (Wildman–Crippen LogP) is 4.01. The number of hydrogen-bond donors (Lipinski definition) is 5. The molecule has 5 N–H and O–H groups in total. The number of imidazole rings is 1. The Morgan fingerprint density at radius 1 is 1.00 bits per heavy atom. The van der Waals surface area contributed by atoms with Crippen molar-refractivity contribution in [1.29, 1.82) is 0 Å². The Hall–Kier alpha value is -5.96. The van der Waals surface area contributed by atoms with Crippen LogP contribution in [0.15, 0.2) is 71.8 Å². The predicted molar refractivity (Wildman–Crippen MR) is 150 cm³/mol. The highest BCUT2D eigenvalue weighted by molar-refractivity contribution is 5.99. The van der Waals surface area contributed by atoms with E-state index in [0.717, 1.165) is 12.1 Å². The quantitative estimate of drug-likeness (QED) is 0.196. The molecular formula is C31H21F2N5O5. The van der Waals surface area contributed by atoms with Crippen molar-refractivity contribution in [3.63, 3.8) is 0 Å². The number of nitrogens with one attached hydrogen (secondary N) is 2. The van der Waals surface area contributed by atoms with Gasteiger partial charge in [-0.05, 0) is 54.1 Å². The Morgan fingerprint density at radius 2 is 1.81 bits per heavy atom. The number of aromatic nitrogens is 4. The topological polar surface area (TPSA) is 155 Å². The van der Waals surface area contributed by atoms with Crippen LogP contribution in [0.5, 0.6) is 17.4 Å². The number of phenolic OH excluding ortho intramolecular Hbond substituents is 1. The Morgan fingerprint density at radius 3 is 2.53 bits per heavy atom. The van der Waals surface area contributed by atoms with Crippen LogP contribution in [0.3, 0.4) is 0 Å². The van der Waals surface area contributed by atoms with Crippen LogP contribution in [0, 0.1) is 23.5 Å². The first kappa shape index (κ1) is 27.2. The molecule has 0 fully saturated rings. The van der Waals surface area contributed by atoms with Crippen molar-refractivity contribution >= 4 is 5.91 Å². The van der Waals surface area contributed by atoms with Crippen molar-refractivity contribution in [2.75, 3.05) is 6.54 Å². The van der Waals surface area contributed by atoms with E-state index in [9.17, 15) is 29.3 Å². The van der Waals surface area contributed by atoms with E-state index in [1.165, 1.54) is 29.2 Å². The first-order chi connectivity index (χ1) is 20.7. The molecule has 3 aromatic heterocycles. The molecule has 1 unspecified atom stereocenters. The van der Waals surface area contributed by atoms with Gasteiger partial charge in [-0.3, -0.25) is 14.8 Å². The molecule has 5 aromatic rings. The lowest BCUT2D eigenvalue weighted by Gasteiger charge is -2.19. The molecule has 6 rings (SSSR count). The average molecular weight is 582 g/mol. The molecule has 0 radical (unpaired) electrons. The van der Waals surface area contributed by atoms with Gasteiger partial charge in [-0.25, -0.2) is 18.6 Å². The zero-order valence-corrected chi connectivity index (χ0v) is 22.1. The highest BCUT2D eigenvalue weighted by Crippen LogP contribution is 2.34. The molecule has 10 nitrogen and oxygen atoms in total. The minimum Gasteiger partial charge on any atom is -0.506 e. The standard InChI is InChI=1S/C31H21F2N5O5/c32-21-12-16(4-7-20(21)28-24(40)10-8-22(35-28)17-2-1-11-34-13-17)3-5-19(27-29(41)37-31(43)36-27)15-38-14-18-6-9-23(39)26(33)25(18)30(38)42/h1-2,4,6-13,19,39-41H,14-15H2,(H2,36,37,43). The van der Waals surface area contributed by atoms with Gasteiger partial charge in [-0.1, -0.05) is 17.9 Å². The maximum absolute atomic E-state index is 15.3. The second-order valence-corrected chi connectivity index (χ2v) is 9.78. The molecule has 1 amide bonds. The molecule has 0 saturated carbocycles. The van der Waals surface area contributed by atoms with Crippen molar-refractivity contribution in [3.8, 4) is 51.7 Å². The minimum absolute atomic E-state index is 0.0108. The lowest BCUT2D eigenvalue weighted by Crippen LogP contribution is -2.29. The fourth-order valence-corrected chi connectivity index (χ4v) is 4.90. The summed E-state index contributed by atoms with van der Waals surface area (Å²) in [5.41, 5.74) is 0.828. The van der Waals surface area contributed by atoms with Crippen LogP contribution in [0.2, 0.25) is 0 Å². The summed E-state index contributed by atoms with van der Waals surface area (Å²) in [5, 5.41) is 30.4. The van der Waals surface area contributed by atoms with Gasteiger partial charge in [0.25, 0.3) is 5.91 Å². The maximum atomic E-state index is 15.3. The van der Waals surface area contributed by atoms with E-state index in [-0.39, 0.29) is 46.9 Å². The lowest BCUT2D eigenvalue weighted by atomic mass is 10.0. The lowest BCUT2D eigenvalue weighted by molar-refractivity contribution is 0.0770. The van der Waals surface area contributed by atoms with Crippen LogP contribution in [0.4, 0.5) is 8.78 Å². The summed E-state index contributed by atoms with van der Waals surface area (Å²) in [6.07, 6.45) is 3.20. The van der Waals surface area contributed by atoms with Crippen molar-refractivity contribution in [3.05, 3.63) is 111 Å². The molecule has 0 aliphatic carbocycles. The first-order valence-corrected chi connectivity index (χ1v) is 12.9. The number of halogens is 2. The molecule has 0 spiro atoms. The summed E-state index contributed by atoms with van der Waals surface area (Å²) < 4.78 is 29.8. The highest BCUT2D eigenvalue weighted by Gasteiger charge is 2.34. The zero-order valence-electron chi connectivity index (χ0n) is 22.1. The summed E-state index contributed by atoms with van der Waals surface area (Å²) in [6.45, 7) is -0.154. The number of fused-ring (bicyclic) bond motifs is 1. The molecule has 12 heteroatoms. The van der Waals surface area contributed by atoms with Crippen LogP contribution >= 0.6 is 0 Å². The monoisotopic (exact) mass is 581 g/mol. The van der Waals surface area contributed by atoms with Crippen LogP contribution in [0.1, 0.15) is 33.1 Å². The molecule has 0 saturated heterocycles. The smallest absolute Gasteiger partial charge is 0.325 e. The number of pyridine rings is 2. The van der Waals surface area contributed by atoms with Crippen molar-refractivity contribution in [2.45, 2.75) is 12.5 Å². The van der Waals surface area contributed by atoms with E-state index in [1.807, 2.05) is 0 Å². The van der Waals surface area contributed by atoms with E-state index in [4.69, 9.17) is 0 Å². The van der Waals surface area contributed by atoms with Gasteiger partial charge >= 0.3 is 5.69 Å². The van der Waals surface area contributed by atoms with Gasteiger partial charge in [-0.2, -0.15) is 0 Å². The van der Waals surface area contributed by atoms with Gasteiger partial charge in [0.15, 0.2) is 11.6 Å². The van der Waals surface area contributed by atoms with E-state index in [2.05, 4.69) is 31.8 Å². The fraction of sp³-hybridized carbons (Fsp3) is 0.0968. The molecule has 4 heterocycles. The second-order valence-electron chi connectivity index (χ2n) is 9.78. The Kier molecular flexibility index (Phi) is 6.83. The van der Waals surface area contributed by atoms with Crippen molar-refractivity contribution in [1.82, 2.24) is 24.8 Å². The Bertz CT molecular complexity index is 2010. The summed E-state index contributed by atoms with van der Waals surface area (Å²) in [6, 6.07) is 13.2. The number of aromatic hydroxyl groups is 3. The number of H-pyrrole nitrogens is 2. The molecule has 1 aliphatic heterocycles. The third-order valence-electron chi connectivity index (χ3n) is 7.00. The molecule has 214 valence electrons. The van der Waals surface area contributed by atoms with Crippen molar-refractivity contribution in [2.24, 2.45) is 0 Å². The van der Waals surface area contributed by atoms with E-state index in [1.54, 1.807) is 30.6 Å². The number of benzene rings is 2. The molecule has 43 heavy (non-hydrogen) atoms. The van der Waals surface area contributed by atoms with Crippen molar-refractivity contribution < 1.29 is 28.9 Å². The van der Waals surface area contributed by atoms with Gasteiger partial charge in [-0.15, -0.1) is 0 Å². The molecule has 2 aromatic carbocycles. The zero-order chi connectivity index (χ0) is 30.2. The number of rotatable bonds is 5. The number of nitrogens with zero attached hydrogens (tertiary/aromatic N) is 3. The number of aromatic amines is 2. The first-order valence-electron chi connectivity index (χ1n) is 12.9. The van der Waals surface area contributed by atoms with Crippen LogP contribution in [0.25, 0.3) is 22.5 Å². The minimum atomic E-state index is -1.03. The third-order valence-corrected chi connectivity index (χ3v) is 7.00. The summed E-state index contributed by atoms with van der Waals surface area (Å²) in [4.78, 5) is 39.2. The molecule has 1 aliphatic rings. The van der Waals surface area contributed by atoms with E-state index in [0.29, 0.717) is 16.8 Å². The van der Waals surface area contributed by atoms with E-state index >= 15 is 4.39 Å². The number of phenols is 1. The maximum Gasteiger partial charge on any atom is 0.325 e. The van der Waals surface area contributed by atoms with Crippen LogP contribution < -0.4 is 5.69 Å². The summed E-state index contributed by atoms with van der Waals surface area (Å²) in [7, 11) is 0.